The molecule has 1 N–H and O–H groups in total. The number of aromatic nitrogens is 1. The number of para-hydroxylation sites is 1. The van der Waals surface area contributed by atoms with E-state index in [9.17, 15) is 9.59 Å². The third-order valence-corrected chi connectivity index (χ3v) is 3.82. The molecule has 1 aromatic heterocycles. The van der Waals surface area contributed by atoms with Gasteiger partial charge in [0.15, 0.2) is 0 Å². The highest BCUT2D eigenvalue weighted by Crippen LogP contribution is 2.16. The zero-order valence-corrected chi connectivity index (χ0v) is 12.0. The van der Waals surface area contributed by atoms with Crippen molar-refractivity contribution in [3.8, 4) is 0 Å². The molecule has 2 heterocycles. The van der Waals surface area contributed by atoms with Gasteiger partial charge in [0, 0.05) is 24.7 Å². The van der Waals surface area contributed by atoms with E-state index in [1.807, 2.05) is 30.3 Å². The summed E-state index contributed by atoms with van der Waals surface area (Å²) >= 11 is 0. The quantitative estimate of drug-likeness (QED) is 0.933. The summed E-state index contributed by atoms with van der Waals surface area (Å²) in [6.07, 6.45) is 1.33. The highest BCUT2D eigenvalue weighted by Gasteiger charge is 2.26. The molecule has 0 aliphatic carbocycles. The molecule has 0 radical (unpaired) electrons. The fourth-order valence-corrected chi connectivity index (χ4v) is 2.66. The molecule has 1 saturated heterocycles. The minimum atomic E-state index is -0.352. The maximum absolute atomic E-state index is 12.2. The zero-order chi connectivity index (χ0) is 14.8. The smallest absolute Gasteiger partial charge is 0.253 e. The van der Waals surface area contributed by atoms with Gasteiger partial charge in [-0.25, -0.2) is 0 Å². The van der Waals surface area contributed by atoms with Crippen LogP contribution >= 0.6 is 0 Å². The summed E-state index contributed by atoms with van der Waals surface area (Å²) in [4.78, 5) is 28.7. The van der Waals surface area contributed by atoms with E-state index in [1.165, 1.54) is 0 Å². The molecule has 0 saturated carbocycles. The number of carbonyl (C=O) groups excluding carboxylic acids is 1. The van der Waals surface area contributed by atoms with Crippen molar-refractivity contribution in [1.82, 2.24) is 9.88 Å². The number of H-pyrrole nitrogens is 1. The van der Waals surface area contributed by atoms with Crippen LogP contribution in [0.25, 0.3) is 10.9 Å². The van der Waals surface area contributed by atoms with Gasteiger partial charge in [-0.15, -0.1) is 0 Å². The lowest BCUT2D eigenvalue weighted by molar-refractivity contribution is -0.140. The molecular formula is C16H18N2O3. The van der Waals surface area contributed by atoms with E-state index in [1.54, 1.807) is 11.9 Å². The fraction of sp³-hybridized carbons (Fsp3) is 0.375. The topological polar surface area (TPSA) is 62.4 Å². The summed E-state index contributed by atoms with van der Waals surface area (Å²) in [5.74, 6) is -0.0555. The van der Waals surface area contributed by atoms with Crippen LogP contribution in [0.1, 0.15) is 18.4 Å². The van der Waals surface area contributed by atoms with Crippen LogP contribution in [0.15, 0.2) is 35.1 Å². The van der Waals surface area contributed by atoms with Crippen LogP contribution in [-0.4, -0.2) is 35.5 Å². The van der Waals surface area contributed by atoms with Crippen molar-refractivity contribution >= 4 is 16.8 Å². The number of ether oxygens (including phenoxy) is 1. The molecule has 3 rings (SSSR count). The molecule has 0 bridgehead atoms. The molecule has 1 aliphatic rings. The van der Waals surface area contributed by atoms with Crippen molar-refractivity contribution in [1.29, 1.82) is 0 Å². The van der Waals surface area contributed by atoms with E-state index in [0.29, 0.717) is 18.7 Å². The standard InChI is InChI=1S/C16H18N2O3/c1-18(16(20)14-7-4-8-21-14)10-12-9-11-5-2-3-6-13(11)17-15(12)19/h2-3,5-6,9,14H,4,7-8,10H2,1H3,(H,17,19)/t14-/m0/s1. The Morgan fingerprint density at radius 3 is 3.00 bits per heavy atom. The summed E-state index contributed by atoms with van der Waals surface area (Å²) in [5.41, 5.74) is 1.24. The van der Waals surface area contributed by atoms with Gasteiger partial charge in [0.1, 0.15) is 6.10 Å². The molecule has 5 heteroatoms. The number of nitrogens with zero attached hydrogens (tertiary/aromatic N) is 1. The Hall–Kier alpha value is -2.14. The first-order valence-electron chi connectivity index (χ1n) is 7.12. The van der Waals surface area contributed by atoms with E-state index >= 15 is 0 Å². The third-order valence-electron chi connectivity index (χ3n) is 3.82. The Morgan fingerprint density at radius 1 is 1.43 bits per heavy atom. The van der Waals surface area contributed by atoms with E-state index in [0.717, 1.165) is 23.7 Å². The maximum Gasteiger partial charge on any atom is 0.253 e. The van der Waals surface area contributed by atoms with Crippen molar-refractivity contribution in [2.75, 3.05) is 13.7 Å². The highest BCUT2D eigenvalue weighted by molar-refractivity contribution is 5.81. The SMILES string of the molecule is CN(Cc1cc2ccccc2[nH]c1=O)C(=O)[C@@H]1CCCO1. The van der Waals surface area contributed by atoms with Gasteiger partial charge in [-0.05, 0) is 30.4 Å². The lowest BCUT2D eigenvalue weighted by atomic mass is 10.1. The van der Waals surface area contributed by atoms with Crippen LogP contribution in [0.3, 0.4) is 0 Å². The Morgan fingerprint density at radius 2 is 2.24 bits per heavy atom. The van der Waals surface area contributed by atoms with E-state index in [4.69, 9.17) is 4.74 Å². The summed E-state index contributed by atoms with van der Waals surface area (Å²) in [5, 5.41) is 0.963. The Bertz CT molecular complexity index is 717. The summed E-state index contributed by atoms with van der Waals surface area (Å²) in [7, 11) is 1.71. The van der Waals surface area contributed by atoms with Crippen LogP contribution in [0.2, 0.25) is 0 Å². The average molecular weight is 286 g/mol. The Balaban J connectivity index is 1.82. The number of hydrogen-bond donors (Lipinski definition) is 1. The van der Waals surface area contributed by atoms with Crippen molar-refractivity contribution in [3.05, 3.63) is 46.2 Å². The lowest BCUT2D eigenvalue weighted by Gasteiger charge is -2.20. The van der Waals surface area contributed by atoms with E-state index in [2.05, 4.69) is 4.98 Å². The molecule has 0 spiro atoms. The molecule has 0 unspecified atom stereocenters. The normalized spacial score (nSPS) is 18.0. The summed E-state index contributed by atoms with van der Waals surface area (Å²) in [6.45, 7) is 0.930. The first-order valence-corrected chi connectivity index (χ1v) is 7.12. The Kier molecular flexibility index (Phi) is 3.75. The minimum Gasteiger partial charge on any atom is -0.368 e. The predicted octanol–water partition coefficient (Wildman–Crippen LogP) is 1.67. The number of fused-ring (bicyclic) bond motifs is 1. The molecule has 1 amide bonds. The van der Waals surface area contributed by atoms with Crippen molar-refractivity contribution in [3.63, 3.8) is 0 Å². The monoisotopic (exact) mass is 286 g/mol. The molecule has 1 fully saturated rings. The van der Waals surface area contributed by atoms with Gasteiger partial charge in [0.2, 0.25) is 0 Å². The molecule has 1 atom stereocenters. The zero-order valence-electron chi connectivity index (χ0n) is 12.0. The molecular weight excluding hydrogens is 268 g/mol. The van der Waals surface area contributed by atoms with Crippen LogP contribution in [0.5, 0.6) is 0 Å². The molecule has 21 heavy (non-hydrogen) atoms. The maximum atomic E-state index is 12.2. The first-order chi connectivity index (χ1) is 10.1. The summed E-state index contributed by atoms with van der Waals surface area (Å²) in [6, 6.07) is 9.45. The minimum absolute atomic E-state index is 0.0555. The second-order valence-corrected chi connectivity index (χ2v) is 5.41. The van der Waals surface area contributed by atoms with Gasteiger partial charge in [0.05, 0.1) is 6.54 Å². The van der Waals surface area contributed by atoms with Gasteiger partial charge in [-0.1, -0.05) is 18.2 Å². The Labute approximate surface area is 122 Å². The van der Waals surface area contributed by atoms with Crippen molar-refractivity contribution in [2.45, 2.75) is 25.5 Å². The number of rotatable bonds is 3. The fourth-order valence-electron chi connectivity index (χ4n) is 2.66. The lowest BCUT2D eigenvalue weighted by Crippen LogP contribution is -2.36. The van der Waals surface area contributed by atoms with Gasteiger partial charge in [0.25, 0.3) is 11.5 Å². The average Bonchev–Trinajstić information content (AvgIpc) is 3.01. The van der Waals surface area contributed by atoms with Crippen molar-refractivity contribution < 1.29 is 9.53 Å². The number of nitrogens with one attached hydrogen (secondary N) is 1. The second kappa shape index (κ2) is 5.69. The number of benzene rings is 1. The highest BCUT2D eigenvalue weighted by atomic mass is 16.5. The van der Waals surface area contributed by atoms with Gasteiger partial charge < -0.3 is 14.6 Å². The number of likely N-dealkylation sites (N-methyl/N-ethyl adjacent to an activating group) is 1. The van der Waals surface area contributed by atoms with Crippen LogP contribution in [-0.2, 0) is 16.1 Å². The number of aromatic amines is 1. The van der Waals surface area contributed by atoms with Crippen LogP contribution in [0, 0.1) is 0 Å². The third kappa shape index (κ3) is 2.83. The van der Waals surface area contributed by atoms with Crippen molar-refractivity contribution in [2.24, 2.45) is 0 Å². The first kappa shape index (κ1) is 13.8. The summed E-state index contributed by atoms with van der Waals surface area (Å²) < 4.78 is 5.40. The number of hydrogen-bond acceptors (Lipinski definition) is 3. The molecule has 110 valence electrons. The van der Waals surface area contributed by atoms with Gasteiger partial charge in [-0.3, -0.25) is 9.59 Å². The van der Waals surface area contributed by atoms with Crippen LogP contribution < -0.4 is 5.56 Å². The number of amides is 1. The van der Waals surface area contributed by atoms with Crippen LogP contribution in [0.4, 0.5) is 0 Å². The van der Waals surface area contributed by atoms with E-state index < -0.39 is 0 Å². The molecule has 5 nitrogen and oxygen atoms in total. The largest absolute Gasteiger partial charge is 0.368 e. The predicted molar refractivity (Wildman–Crippen MR) is 80.0 cm³/mol. The number of carbonyl (C=O) groups is 1. The molecule has 2 aromatic rings. The number of pyridine rings is 1. The van der Waals surface area contributed by atoms with Gasteiger partial charge >= 0.3 is 0 Å². The second-order valence-electron chi connectivity index (χ2n) is 5.41. The van der Waals surface area contributed by atoms with E-state index in [-0.39, 0.29) is 17.6 Å². The molecule has 1 aromatic carbocycles. The molecule has 1 aliphatic heterocycles. The van der Waals surface area contributed by atoms with Gasteiger partial charge in [-0.2, -0.15) is 0 Å².